The number of aliphatic hydroxyl groups is 1. The predicted molar refractivity (Wildman–Crippen MR) is 118 cm³/mol. The maximum absolute atomic E-state index is 13.0. The number of rotatable bonds is 9. The van der Waals surface area contributed by atoms with Crippen LogP contribution < -0.4 is 9.47 Å². The highest BCUT2D eigenvalue weighted by molar-refractivity contribution is 6.46. The molecule has 1 saturated heterocycles. The van der Waals surface area contributed by atoms with Crippen LogP contribution in [0, 0.1) is 10.1 Å². The molecule has 1 heterocycles. The third-order valence-electron chi connectivity index (χ3n) is 5.23. The Bertz CT molecular complexity index is 1090. The Morgan fingerprint density at radius 1 is 1.12 bits per heavy atom. The van der Waals surface area contributed by atoms with Gasteiger partial charge in [0.25, 0.3) is 17.4 Å². The maximum atomic E-state index is 13.0. The van der Waals surface area contributed by atoms with E-state index >= 15 is 0 Å². The van der Waals surface area contributed by atoms with E-state index in [1.807, 2.05) is 6.92 Å². The molecule has 10 nitrogen and oxygen atoms in total. The van der Waals surface area contributed by atoms with Crippen molar-refractivity contribution in [2.75, 3.05) is 34.0 Å². The molecule has 0 saturated carbocycles. The van der Waals surface area contributed by atoms with Crippen molar-refractivity contribution in [1.29, 1.82) is 0 Å². The van der Waals surface area contributed by atoms with Crippen LogP contribution in [-0.2, 0) is 14.3 Å². The number of Topliss-reactive ketones (excluding diaryl/α,β-unsaturated/α-hetero) is 1. The van der Waals surface area contributed by atoms with Crippen molar-refractivity contribution in [2.24, 2.45) is 0 Å². The smallest absolute Gasteiger partial charge is 0.295 e. The third-order valence-corrected chi connectivity index (χ3v) is 5.23. The van der Waals surface area contributed by atoms with Gasteiger partial charge in [0.1, 0.15) is 5.76 Å². The maximum Gasteiger partial charge on any atom is 0.295 e. The van der Waals surface area contributed by atoms with E-state index in [0.717, 1.165) is 0 Å². The SMILES string of the molecule is CCOc1ccc(C2/C(=C(/O)c3ccc([N+](=O)[O-])cc3)C(=O)C(=O)N2CCOC)cc1OC. The molecule has 0 aliphatic carbocycles. The quantitative estimate of drug-likeness (QED) is 0.200. The Balaban J connectivity index is 2.16. The molecule has 1 N–H and O–H groups in total. The summed E-state index contributed by atoms with van der Waals surface area (Å²) < 4.78 is 16.0. The standard InChI is InChI=1S/C23H24N2O8/c1-4-33-17-10-7-15(13-18(17)32-3)20-19(22(27)23(28)24(20)11-12-31-2)21(26)14-5-8-16(9-6-14)25(29)30/h5-10,13,20,26H,4,11-12H2,1-3H3/b21-19-. The molecule has 0 aromatic heterocycles. The van der Waals surface area contributed by atoms with E-state index < -0.39 is 28.4 Å². The molecule has 174 valence electrons. The summed E-state index contributed by atoms with van der Waals surface area (Å²) in [6, 6.07) is 9.16. The van der Waals surface area contributed by atoms with Crippen LogP contribution in [0.3, 0.4) is 0 Å². The predicted octanol–water partition coefficient (Wildman–Crippen LogP) is 3.07. The lowest BCUT2D eigenvalue weighted by molar-refractivity contribution is -0.384. The molecule has 3 rings (SSSR count). The molecule has 1 unspecified atom stereocenters. The van der Waals surface area contributed by atoms with Gasteiger partial charge in [-0.25, -0.2) is 0 Å². The number of non-ortho nitro benzene ring substituents is 1. The molecule has 1 fully saturated rings. The van der Waals surface area contributed by atoms with Crippen LogP contribution in [0.5, 0.6) is 11.5 Å². The summed E-state index contributed by atoms with van der Waals surface area (Å²) in [5.41, 5.74) is 0.401. The Morgan fingerprint density at radius 3 is 2.39 bits per heavy atom. The average Bonchev–Trinajstić information content (AvgIpc) is 3.07. The Morgan fingerprint density at radius 2 is 1.82 bits per heavy atom. The lowest BCUT2D eigenvalue weighted by atomic mass is 9.95. The molecule has 33 heavy (non-hydrogen) atoms. The van der Waals surface area contributed by atoms with E-state index in [9.17, 15) is 24.8 Å². The zero-order valence-corrected chi connectivity index (χ0v) is 18.4. The number of aliphatic hydroxyl groups excluding tert-OH is 1. The van der Waals surface area contributed by atoms with Crippen molar-refractivity contribution in [3.63, 3.8) is 0 Å². The summed E-state index contributed by atoms with van der Waals surface area (Å²) in [6.45, 7) is 2.53. The van der Waals surface area contributed by atoms with E-state index in [-0.39, 0.29) is 30.0 Å². The van der Waals surface area contributed by atoms with Gasteiger partial charge in [-0.3, -0.25) is 19.7 Å². The minimum atomic E-state index is -0.917. The van der Waals surface area contributed by atoms with Gasteiger partial charge in [0.15, 0.2) is 11.5 Å². The molecule has 1 aliphatic rings. The van der Waals surface area contributed by atoms with Crippen molar-refractivity contribution < 1.29 is 33.8 Å². The van der Waals surface area contributed by atoms with E-state index in [1.165, 1.54) is 43.4 Å². The molecule has 1 amide bonds. The highest BCUT2D eigenvalue weighted by Gasteiger charge is 2.46. The fourth-order valence-corrected chi connectivity index (χ4v) is 3.67. The van der Waals surface area contributed by atoms with Gasteiger partial charge in [0.05, 0.1) is 36.9 Å². The molecule has 0 spiro atoms. The number of ether oxygens (including phenoxy) is 3. The average molecular weight is 456 g/mol. The number of likely N-dealkylation sites (tertiary alicyclic amines) is 1. The number of ketones is 1. The van der Waals surface area contributed by atoms with Crippen molar-refractivity contribution >= 4 is 23.1 Å². The second-order valence-corrected chi connectivity index (χ2v) is 7.13. The number of nitro groups is 1. The zero-order chi connectivity index (χ0) is 24.1. The first-order valence-corrected chi connectivity index (χ1v) is 10.2. The van der Waals surface area contributed by atoms with Crippen molar-refractivity contribution in [3.8, 4) is 11.5 Å². The van der Waals surface area contributed by atoms with E-state index in [0.29, 0.717) is 23.7 Å². The molecular weight excluding hydrogens is 432 g/mol. The fraction of sp³-hybridized carbons (Fsp3) is 0.304. The number of methoxy groups -OCH3 is 2. The number of nitro benzene ring substituents is 1. The van der Waals surface area contributed by atoms with Crippen molar-refractivity contribution in [3.05, 3.63) is 69.3 Å². The van der Waals surface area contributed by atoms with Gasteiger partial charge in [-0.05, 0) is 36.8 Å². The highest BCUT2D eigenvalue weighted by atomic mass is 16.6. The second-order valence-electron chi connectivity index (χ2n) is 7.13. The number of amides is 1. The number of nitrogens with zero attached hydrogens (tertiary/aromatic N) is 2. The van der Waals surface area contributed by atoms with Crippen molar-refractivity contribution in [2.45, 2.75) is 13.0 Å². The minimum Gasteiger partial charge on any atom is -0.507 e. The van der Waals surface area contributed by atoms with Crippen LogP contribution in [0.2, 0.25) is 0 Å². The second kappa shape index (κ2) is 10.1. The van der Waals surface area contributed by atoms with Crippen LogP contribution in [-0.4, -0.2) is 60.6 Å². The van der Waals surface area contributed by atoms with Crippen LogP contribution >= 0.6 is 0 Å². The number of carbonyl (C=O) groups is 2. The summed E-state index contributed by atoms with van der Waals surface area (Å²) >= 11 is 0. The van der Waals surface area contributed by atoms with E-state index in [1.54, 1.807) is 18.2 Å². The minimum absolute atomic E-state index is 0.109. The number of hydrogen-bond donors (Lipinski definition) is 1. The fourth-order valence-electron chi connectivity index (χ4n) is 3.67. The first-order chi connectivity index (χ1) is 15.8. The lowest BCUT2D eigenvalue weighted by Gasteiger charge is -2.25. The first-order valence-electron chi connectivity index (χ1n) is 10.2. The Labute approximate surface area is 190 Å². The monoisotopic (exact) mass is 456 g/mol. The molecular formula is C23H24N2O8. The van der Waals surface area contributed by atoms with Crippen LogP contribution in [0.1, 0.15) is 24.1 Å². The molecule has 2 aromatic carbocycles. The summed E-state index contributed by atoms with van der Waals surface area (Å²) in [7, 11) is 2.95. The molecule has 1 aliphatic heterocycles. The normalized spacial score (nSPS) is 17.3. The van der Waals surface area contributed by atoms with Gasteiger partial charge in [-0.2, -0.15) is 0 Å². The van der Waals surface area contributed by atoms with Crippen LogP contribution in [0.15, 0.2) is 48.0 Å². The van der Waals surface area contributed by atoms with Gasteiger partial charge in [-0.1, -0.05) is 6.07 Å². The van der Waals surface area contributed by atoms with Crippen LogP contribution in [0.25, 0.3) is 5.76 Å². The van der Waals surface area contributed by atoms with E-state index in [2.05, 4.69) is 0 Å². The summed E-state index contributed by atoms with van der Waals surface area (Å²) in [5.74, 6) is -1.18. The summed E-state index contributed by atoms with van der Waals surface area (Å²) in [4.78, 5) is 37.5. The number of benzene rings is 2. The molecule has 0 radical (unpaired) electrons. The summed E-state index contributed by atoms with van der Waals surface area (Å²) in [5, 5.41) is 21.9. The highest BCUT2D eigenvalue weighted by Crippen LogP contribution is 2.42. The van der Waals surface area contributed by atoms with Gasteiger partial charge in [0, 0.05) is 31.4 Å². The Hall–Kier alpha value is -3.92. The first kappa shape index (κ1) is 23.7. The topological polar surface area (TPSA) is 128 Å². The van der Waals surface area contributed by atoms with Gasteiger partial charge < -0.3 is 24.2 Å². The molecule has 10 heteroatoms. The van der Waals surface area contributed by atoms with Gasteiger partial charge in [-0.15, -0.1) is 0 Å². The van der Waals surface area contributed by atoms with E-state index in [4.69, 9.17) is 14.2 Å². The van der Waals surface area contributed by atoms with Crippen LogP contribution in [0.4, 0.5) is 5.69 Å². The largest absolute Gasteiger partial charge is 0.507 e. The molecule has 1 atom stereocenters. The molecule has 2 aromatic rings. The summed E-state index contributed by atoms with van der Waals surface area (Å²) in [6.07, 6.45) is 0. The van der Waals surface area contributed by atoms with Gasteiger partial charge >= 0.3 is 0 Å². The lowest BCUT2D eigenvalue weighted by Crippen LogP contribution is -2.32. The number of hydrogen-bond acceptors (Lipinski definition) is 8. The molecule has 0 bridgehead atoms. The zero-order valence-electron chi connectivity index (χ0n) is 18.4. The third kappa shape index (κ3) is 4.65. The van der Waals surface area contributed by atoms with Crippen molar-refractivity contribution in [1.82, 2.24) is 4.90 Å². The number of carbonyl (C=O) groups excluding carboxylic acids is 2. The Kier molecular flexibility index (Phi) is 7.29. The van der Waals surface area contributed by atoms with Gasteiger partial charge in [0.2, 0.25) is 0 Å².